The fraction of sp³-hybridized carbons (Fsp3) is 0.857. The second-order valence-electron chi connectivity index (χ2n) is 3.28. The van der Waals surface area contributed by atoms with Crippen LogP contribution in [0.4, 0.5) is 0 Å². The molecule has 74 valence electrons. The Bertz CT molecular complexity index is 319. The Balaban J connectivity index is 2.69. The Morgan fingerprint density at radius 1 is 1.62 bits per heavy atom. The van der Waals surface area contributed by atoms with Gasteiger partial charge in [-0.15, -0.1) is 0 Å². The summed E-state index contributed by atoms with van der Waals surface area (Å²) in [6.07, 6.45) is -0.858. The maximum absolute atomic E-state index is 11.1. The van der Waals surface area contributed by atoms with Crippen LogP contribution < -0.4 is 0 Å². The van der Waals surface area contributed by atoms with E-state index in [1.54, 1.807) is 11.9 Å². The van der Waals surface area contributed by atoms with Crippen molar-refractivity contribution in [2.45, 2.75) is 12.1 Å². The second-order valence-corrected chi connectivity index (χ2v) is 5.44. The van der Waals surface area contributed by atoms with Crippen molar-refractivity contribution in [3.8, 4) is 6.07 Å². The van der Waals surface area contributed by atoms with Gasteiger partial charge in [0.2, 0.25) is 0 Å². The lowest BCUT2D eigenvalue weighted by molar-refractivity contribution is 0.107. The molecule has 1 fully saturated rings. The van der Waals surface area contributed by atoms with Crippen molar-refractivity contribution in [2.24, 2.45) is 0 Å². The number of nitriles is 1. The van der Waals surface area contributed by atoms with E-state index in [-0.39, 0.29) is 18.1 Å². The summed E-state index contributed by atoms with van der Waals surface area (Å²) >= 11 is 0. The van der Waals surface area contributed by atoms with Crippen LogP contribution in [0.3, 0.4) is 0 Å². The van der Waals surface area contributed by atoms with Crippen LogP contribution in [0.1, 0.15) is 0 Å². The van der Waals surface area contributed by atoms with Gasteiger partial charge < -0.3 is 5.11 Å². The van der Waals surface area contributed by atoms with Crippen LogP contribution in [0, 0.1) is 11.3 Å². The van der Waals surface area contributed by atoms with Crippen LogP contribution in [0.15, 0.2) is 0 Å². The van der Waals surface area contributed by atoms with Crippen molar-refractivity contribution >= 4 is 9.84 Å². The topological polar surface area (TPSA) is 81.4 Å². The van der Waals surface area contributed by atoms with E-state index in [0.29, 0.717) is 0 Å². The molecule has 0 radical (unpaired) electrons. The molecule has 0 aromatic heterocycles. The van der Waals surface area contributed by atoms with Crippen molar-refractivity contribution < 1.29 is 13.5 Å². The smallest absolute Gasteiger partial charge is 0.154 e. The molecule has 0 aliphatic carbocycles. The third-order valence-electron chi connectivity index (χ3n) is 2.18. The number of rotatable bonds is 2. The molecule has 1 aliphatic rings. The monoisotopic (exact) mass is 204 g/mol. The lowest BCUT2D eigenvalue weighted by Crippen LogP contribution is -2.40. The maximum atomic E-state index is 11.1. The molecular formula is C7H12N2O3S. The number of hydrogen-bond donors (Lipinski definition) is 1. The molecule has 0 aromatic rings. The van der Waals surface area contributed by atoms with Gasteiger partial charge in [-0.3, -0.25) is 4.90 Å². The summed E-state index contributed by atoms with van der Waals surface area (Å²) in [5.74, 6) is -0.236. The first-order valence-electron chi connectivity index (χ1n) is 3.92. The average Bonchev–Trinajstić information content (AvgIpc) is 2.25. The van der Waals surface area contributed by atoms with Crippen molar-refractivity contribution in [3.05, 3.63) is 0 Å². The van der Waals surface area contributed by atoms with Gasteiger partial charge >= 0.3 is 0 Å². The van der Waals surface area contributed by atoms with Crippen molar-refractivity contribution in [3.63, 3.8) is 0 Å². The summed E-state index contributed by atoms with van der Waals surface area (Å²) in [5, 5.41) is 17.8. The number of aliphatic hydroxyl groups excluding tert-OH is 1. The first-order chi connectivity index (χ1) is 5.96. The van der Waals surface area contributed by atoms with E-state index in [0.717, 1.165) is 0 Å². The third-order valence-corrected chi connectivity index (χ3v) is 3.88. The fourth-order valence-corrected chi connectivity index (χ4v) is 3.34. The zero-order valence-electron chi connectivity index (χ0n) is 7.34. The molecule has 1 heterocycles. The first kappa shape index (κ1) is 10.4. The van der Waals surface area contributed by atoms with Crippen LogP contribution >= 0.6 is 0 Å². The quantitative estimate of drug-likeness (QED) is 0.559. The molecule has 5 nitrogen and oxygen atoms in total. The van der Waals surface area contributed by atoms with Crippen molar-refractivity contribution in [1.82, 2.24) is 4.90 Å². The molecule has 0 bridgehead atoms. The summed E-state index contributed by atoms with van der Waals surface area (Å²) in [6.45, 7) is 0.136. The summed E-state index contributed by atoms with van der Waals surface area (Å²) in [5.41, 5.74) is 0. The standard InChI is InChI=1S/C7H12N2O3S/c1-9(3-2-8)6-4-13(11,12)5-7(6)10/h6-7,10H,3-5H2,1H3. The molecule has 13 heavy (non-hydrogen) atoms. The molecule has 0 aromatic carbocycles. The Morgan fingerprint density at radius 3 is 2.62 bits per heavy atom. The molecule has 2 atom stereocenters. The number of nitrogens with zero attached hydrogens (tertiary/aromatic N) is 2. The number of likely N-dealkylation sites (N-methyl/N-ethyl adjacent to an activating group) is 1. The highest BCUT2D eigenvalue weighted by Crippen LogP contribution is 2.16. The zero-order chi connectivity index (χ0) is 10.1. The Hall–Kier alpha value is -0.640. The molecular weight excluding hydrogens is 192 g/mol. The summed E-state index contributed by atoms with van der Waals surface area (Å²) in [7, 11) is -1.47. The van der Waals surface area contributed by atoms with Gasteiger partial charge in [-0.1, -0.05) is 0 Å². The average molecular weight is 204 g/mol. The van der Waals surface area contributed by atoms with E-state index >= 15 is 0 Å². The summed E-state index contributed by atoms with van der Waals surface area (Å²) < 4.78 is 22.2. The molecule has 1 saturated heterocycles. The molecule has 6 heteroatoms. The van der Waals surface area contributed by atoms with Crippen LogP contribution in [-0.2, 0) is 9.84 Å². The molecule has 0 amide bonds. The first-order valence-corrected chi connectivity index (χ1v) is 5.74. The minimum absolute atomic E-state index is 0.0493. The Kier molecular flexibility index (Phi) is 2.91. The molecule has 1 N–H and O–H groups in total. The van der Waals surface area contributed by atoms with E-state index in [2.05, 4.69) is 0 Å². The minimum atomic E-state index is -3.11. The predicted molar refractivity (Wildman–Crippen MR) is 46.7 cm³/mol. The molecule has 2 unspecified atom stereocenters. The predicted octanol–water partition coefficient (Wildman–Crippen LogP) is -1.40. The molecule has 0 saturated carbocycles. The zero-order valence-corrected chi connectivity index (χ0v) is 8.16. The Labute approximate surface area is 77.5 Å². The lowest BCUT2D eigenvalue weighted by atomic mass is 10.2. The highest BCUT2D eigenvalue weighted by molar-refractivity contribution is 7.91. The highest BCUT2D eigenvalue weighted by atomic mass is 32.2. The van der Waals surface area contributed by atoms with Gasteiger partial charge in [0, 0.05) is 0 Å². The molecule has 1 rings (SSSR count). The summed E-state index contributed by atoms with van der Waals surface area (Å²) in [4.78, 5) is 1.56. The number of aliphatic hydroxyl groups is 1. The maximum Gasteiger partial charge on any atom is 0.154 e. The van der Waals surface area contributed by atoms with Gasteiger partial charge in [-0.25, -0.2) is 8.42 Å². The molecule has 1 aliphatic heterocycles. The van der Waals surface area contributed by atoms with Crippen LogP contribution in [0.2, 0.25) is 0 Å². The second kappa shape index (κ2) is 3.62. The highest BCUT2D eigenvalue weighted by Gasteiger charge is 2.38. The van der Waals surface area contributed by atoms with E-state index in [9.17, 15) is 13.5 Å². The number of hydrogen-bond acceptors (Lipinski definition) is 5. The SMILES string of the molecule is CN(CC#N)C1CS(=O)(=O)CC1O. The van der Waals surface area contributed by atoms with E-state index < -0.39 is 22.0 Å². The van der Waals surface area contributed by atoms with Gasteiger partial charge in [0.15, 0.2) is 9.84 Å². The lowest BCUT2D eigenvalue weighted by Gasteiger charge is -2.22. The number of sulfone groups is 1. The van der Waals surface area contributed by atoms with Crippen LogP contribution in [-0.4, -0.2) is 55.7 Å². The van der Waals surface area contributed by atoms with Gasteiger partial charge in [-0.2, -0.15) is 5.26 Å². The van der Waals surface area contributed by atoms with E-state index in [1.807, 2.05) is 6.07 Å². The van der Waals surface area contributed by atoms with Gasteiger partial charge in [-0.05, 0) is 7.05 Å². The normalized spacial score (nSPS) is 31.8. The summed E-state index contributed by atoms with van der Waals surface area (Å²) in [6, 6.07) is 1.49. The van der Waals surface area contributed by atoms with E-state index in [4.69, 9.17) is 5.26 Å². The molecule has 0 spiro atoms. The largest absolute Gasteiger partial charge is 0.390 e. The fourth-order valence-electron chi connectivity index (χ4n) is 1.46. The van der Waals surface area contributed by atoms with Gasteiger partial charge in [0.05, 0.1) is 36.3 Å². The van der Waals surface area contributed by atoms with Crippen molar-refractivity contribution in [2.75, 3.05) is 25.1 Å². The van der Waals surface area contributed by atoms with Crippen LogP contribution in [0.25, 0.3) is 0 Å². The van der Waals surface area contributed by atoms with Gasteiger partial charge in [0.1, 0.15) is 0 Å². The minimum Gasteiger partial charge on any atom is -0.390 e. The van der Waals surface area contributed by atoms with Crippen LogP contribution in [0.5, 0.6) is 0 Å². The van der Waals surface area contributed by atoms with Crippen molar-refractivity contribution in [1.29, 1.82) is 5.26 Å². The third kappa shape index (κ3) is 2.40. The van der Waals surface area contributed by atoms with E-state index in [1.165, 1.54) is 0 Å². The van der Waals surface area contributed by atoms with Gasteiger partial charge in [0.25, 0.3) is 0 Å². The Morgan fingerprint density at radius 2 is 2.23 bits per heavy atom.